The molecule has 0 fully saturated rings. The maximum Gasteiger partial charge on any atom is 0.239 e. The van der Waals surface area contributed by atoms with Crippen LogP contribution in [0, 0.1) is 0 Å². The molecule has 0 saturated heterocycles. The SMILES string of the molecule is CC(C)c1csc(C(C)C)[n+]1C. The number of hydrogen-bond donors (Lipinski definition) is 0. The summed E-state index contributed by atoms with van der Waals surface area (Å²) in [7, 11) is 2.17. The lowest BCUT2D eigenvalue weighted by atomic mass is 10.1. The van der Waals surface area contributed by atoms with Crippen LogP contribution in [-0.2, 0) is 7.05 Å². The van der Waals surface area contributed by atoms with Gasteiger partial charge in [-0.05, 0) is 0 Å². The molecule has 1 heterocycles. The van der Waals surface area contributed by atoms with Crippen LogP contribution in [0.4, 0.5) is 0 Å². The highest BCUT2D eigenvalue weighted by molar-refractivity contribution is 7.09. The molecule has 2 heteroatoms. The van der Waals surface area contributed by atoms with Gasteiger partial charge in [0.05, 0.1) is 5.38 Å². The lowest BCUT2D eigenvalue weighted by Crippen LogP contribution is -2.35. The first-order valence-corrected chi connectivity index (χ1v) is 5.39. The van der Waals surface area contributed by atoms with Gasteiger partial charge in [-0.15, -0.1) is 0 Å². The Balaban J connectivity index is 3.04. The second kappa shape index (κ2) is 3.56. The summed E-state index contributed by atoms with van der Waals surface area (Å²) >= 11 is 1.88. The maximum atomic E-state index is 2.33. The van der Waals surface area contributed by atoms with Crippen LogP contribution in [0.15, 0.2) is 5.38 Å². The first kappa shape index (κ1) is 9.72. The zero-order valence-electron chi connectivity index (χ0n) is 8.59. The zero-order chi connectivity index (χ0) is 9.30. The molecule has 0 aliphatic rings. The van der Waals surface area contributed by atoms with Crippen molar-refractivity contribution >= 4 is 11.3 Å². The van der Waals surface area contributed by atoms with Gasteiger partial charge in [0.15, 0.2) is 5.69 Å². The average molecular weight is 184 g/mol. The summed E-state index contributed by atoms with van der Waals surface area (Å²) in [5.74, 6) is 1.28. The van der Waals surface area contributed by atoms with E-state index in [9.17, 15) is 0 Å². The van der Waals surface area contributed by atoms with Gasteiger partial charge in [-0.25, -0.2) is 0 Å². The molecule has 68 valence electrons. The number of nitrogens with zero attached hydrogens (tertiary/aromatic N) is 1. The first-order valence-electron chi connectivity index (χ1n) is 4.51. The molecule has 12 heavy (non-hydrogen) atoms. The predicted octanol–water partition coefficient (Wildman–Crippen LogP) is 2.82. The van der Waals surface area contributed by atoms with Gasteiger partial charge >= 0.3 is 0 Å². The van der Waals surface area contributed by atoms with Crippen molar-refractivity contribution in [1.29, 1.82) is 0 Å². The van der Waals surface area contributed by atoms with Gasteiger partial charge in [0.2, 0.25) is 5.01 Å². The molecule has 0 aromatic carbocycles. The summed E-state index contributed by atoms with van der Waals surface area (Å²) in [5, 5.41) is 3.75. The van der Waals surface area contributed by atoms with E-state index in [0.29, 0.717) is 11.8 Å². The van der Waals surface area contributed by atoms with Crippen LogP contribution in [0.25, 0.3) is 0 Å². The van der Waals surface area contributed by atoms with Gasteiger partial charge < -0.3 is 0 Å². The normalized spacial score (nSPS) is 11.6. The average Bonchev–Trinajstić information content (AvgIpc) is 2.30. The smallest absolute Gasteiger partial charge is 0.192 e. The molecule has 1 aromatic rings. The van der Waals surface area contributed by atoms with Crippen molar-refractivity contribution in [2.24, 2.45) is 7.05 Å². The molecule has 0 atom stereocenters. The monoisotopic (exact) mass is 184 g/mol. The fourth-order valence-corrected chi connectivity index (χ4v) is 2.66. The molecule has 0 amide bonds. The quantitative estimate of drug-likeness (QED) is 0.622. The fraction of sp³-hybridized carbons (Fsp3) is 0.700. The second-order valence-electron chi connectivity index (χ2n) is 3.87. The molecule has 0 bridgehead atoms. The van der Waals surface area contributed by atoms with Crippen LogP contribution in [0.5, 0.6) is 0 Å². The summed E-state index contributed by atoms with van der Waals surface area (Å²) in [5.41, 5.74) is 1.45. The van der Waals surface area contributed by atoms with Crippen molar-refractivity contribution in [2.45, 2.75) is 39.5 Å². The van der Waals surface area contributed by atoms with Gasteiger partial charge in [0.25, 0.3) is 0 Å². The predicted molar refractivity (Wildman–Crippen MR) is 53.7 cm³/mol. The molecule has 0 saturated carbocycles. The van der Waals surface area contributed by atoms with E-state index in [0.717, 1.165) is 0 Å². The highest BCUT2D eigenvalue weighted by Crippen LogP contribution is 2.20. The van der Waals surface area contributed by atoms with Crippen molar-refractivity contribution in [3.05, 3.63) is 16.1 Å². The zero-order valence-corrected chi connectivity index (χ0v) is 9.40. The van der Waals surface area contributed by atoms with E-state index in [1.54, 1.807) is 0 Å². The third kappa shape index (κ3) is 1.69. The Hall–Kier alpha value is -0.370. The van der Waals surface area contributed by atoms with Crippen molar-refractivity contribution in [3.8, 4) is 0 Å². The van der Waals surface area contributed by atoms with Crippen molar-refractivity contribution in [1.82, 2.24) is 0 Å². The molecule has 0 aliphatic carbocycles. The standard InChI is InChI=1S/C10H18NS/c1-7(2)9-6-12-10(8(3)4)11(9)5/h6-8H,1-5H3/q+1. The van der Waals surface area contributed by atoms with Gasteiger partial charge in [0, 0.05) is 11.8 Å². The first-order chi connectivity index (χ1) is 5.54. The number of thiazole rings is 1. The Kier molecular flexibility index (Phi) is 2.89. The molecule has 1 aromatic heterocycles. The van der Waals surface area contributed by atoms with Crippen molar-refractivity contribution in [2.75, 3.05) is 0 Å². The fourth-order valence-electron chi connectivity index (χ4n) is 1.45. The summed E-state index contributed by atoms with van der Waals surface area (Å²) < 4.78 is 2.33. The summed E-state index contributed by atoms with van der Waals surface area (Å²) in [4.78, 5) is 0. The Morgan fingerprint density at radius 2 is 1.75 bits per heavy atom. The van der Waals surface area contributed by atoms with E-state index in [1.807, 2.05) is 11.3 Å². The molecule has 0 spiro atoms. The van der Waals surface area contributed by atoms with Crippen molar-refractivity contribution < 1.29 is 4.57 Å². The Bertz CT molecular complexity index is 235. The van der Waals surface area contributed by atoms with E-state index in [2.05, 4.69) is 44.7 Å². The maximum absolute atomic E-state index is 2.33. The second-order valence-corrected chi connectivity index (χ2v) is 4.76. The minimum Gasteiger partial charge on any atom is -0.192 e. The molecule has 1 nitrogen and oxygen atoms in total. The molecular formula is C10H18NS+. The van der Waals surface area contributed by atoms with Gasteiger partial charge in [-0.3, -0.25) is 0 Å². The Morgan fingerprint density at radius 1 is 1.17 bits per heavy atom. The molecule has 1 rings (SSSR count). The highest BCUT2D eigenvalue weighted by atomic mass is 32.1. The van der Waals surface area contributed by atoms with E-state index in [1.165, 1.54) is 10.7 Å². The minimum absolute atomic E-state index is 0.638. The number of hydrogen-bond acceptors (Lipinski definition) is 1. The van der Waals surface area contributed by atoms with Crippen LogP contribution >= 0.6 is 11.3 Å². The molecule has 0 N–H and O–H groups in total. The third-order valence-electron chi connectivity index (χ3n) is 2.10. The van der Waals surface area contributed by atoms with Crippen LogP contribution in [0.3, 0.4) is 0 Å². The molecule has 0 radical (unpaired) electrons. The topological polar surface area (TPSA) is 3.88 Å². The Morgan fingerprint density at radius 3 is 2.00 bits per heavy atom. The van der Waals surface area contributed by atoms with E-state index < -0.39 is 0 Å². The summed E-state index contributed by atoms with van der Waals surface area (Å²) in [6, 6.07) is 0. The third-order valence-corrected chi connectivity index (χ3v) is 3.45. The largest absolute Gasteiger partial charge is 0.239 e. The summed E-state index contributed by atoms with van der Waals surface area (Å²) in [6.07, 6.45) is 0. The number of rotatable bonds is 2. The van der Waals surface area contributed by atoms with E-state index >= 15 is 0 Å². The van der Waals surface area contributed by atoms with Gasteiger partial charge in [-0.1, -0.05) is 39.0 Å². The van der Waals surface area contributed by atoms with E-state index in [4.69, 9.17) is 0 Å². The lowest BCUT2D eigenvalue weighted by Gasteiger charge is -2.00. The highest BCUT2D eigenvalue weighted by Gasteiger charge is 2.20. The van der Waals surface area contributed by atoms with Crippen LogP contribution < -0.4 is 4.57 Å². The molecule has 0 unspecified atom stereocenters. The summed E-state index contributed by atoms with van der Waals surface area (Å²) in [6.45, 7) is 8.98. The molecule has 0 aliphatic heterocycles. The Labute approximate surface area is 79.1 Å². The number of aromatic nitrogens is 1. The van der Waals surface area contributed by atoms with E-state index in [-0.39, 0.29) is 0 Å². The van der Waals surface area contributed by atoms with Crippen LogP contribution in [-0.4, -0.2) is 0 Å². The van der Waals surface area contributed by atoms with Gasteiger partial charge in [0.1, 0.15) is 7.05 Å². The van der Waals surface area contributed by atoms with Gasteiger partial charge in [-0.2, -0.15) is 4.57 Å². The van der Waals surface area contributed by atoms with Crippen molar-refractivity contribution in [3.63, 3.8) is 0 Å². The minimum atomic E-state index is 0.638. The van der Waals surface area contributed by atoms with Crippen LogP contribution in [0.1, 0.15) is 50.2 Å². The van der Waals surface area contributed by atoms with Crippen LogP contribution in [0.2, 0.25) is 0 Å². The lowest BCUT2D eigenvalue weighted by molar-refractivity contribution is -0.683. The molecular weight excluding hydrogens is 166 g/mol.